The summed E-state index contributed by atoms with van der Waals surface area (Å²) in [6.45, 7) is 6.28. The van der Waals surface area contributed by atoms with Gasteiger partial charge in [0.15, 0.2) is 0 Å². The molecule has 1 atom stereocenters. The standard InChI is InChI=1S/C19H24FN/c1-3-11-21-14-18(17-6-4-5-15(2)12-17)13-16-7-9-19(20)10-8-16/h4-10,12,18,21H,3,11,13-14H2,1-2H3. The number of halogens is 1. The molecular weight excluding hydrogens is 261 g/mol. The fourth-order valence-corrected chi connectivity index (χ4v) is 2.59. The van der Waals surface area contributed by atoms with Gasteiger partial charge in [0.25, 0.3) is 0 Å². The van der Waals surface area contributed by atoms with Crippen LogP contribution in [0.4, 0.5) is 4.39 Å². The first-order valence-electron chi connectivity index (χ1n) is 7.70. The van der Waals surface area contributed by atoms with Gasteiger partial charge in [-0.15, -0.1) is 0 Å². The van der Waals surface area contributed by atoms with Crippen LogP contribution in [-0.2, 0) is 6.42 Å². The summed E-state index contributed by atoms with van der Waals surface area (Å²) in [5.41, 5.74) is 3.82. The van der Waals surface area contributed by atoms with E-state index in [1.165, 1.54) is 16.7 Å². The molecule has 0 spiro atoms. The van der Waals surface area contributed by atoms with Crippen LogP contribution in [0, 0.1) is 12.7 Å². The molecule has 2 aromatic carbocycles. The van der Waals surface area contributed by atoms with E-state index in [4.69, 9.17) is 0 Å². The van der Waals surface area contributed by atoms with Gasteiger partial charge in [0.05, 0.1) is 0 Å². The minimum absolute atomic E-state index is 0.171. The maximum atomic E-state index is 13.0. The largest absolute Gasteiger partial charge is 0.316 e. The van der Waals surface area contributed by atoms with Crippen molar-refractivity contribution >= 4 is 0 Å². The van der Waals surface area contributed by atoms with E-state index in [0.717, 1.165) is 25.9 Å². The Hall–Kier alpha value is -1.67. The summed E-state index contributed by atoms with van der Waals surface area (Å²) < 4.78 is 13.0. The van der Waals surface area contributed by atoms with Crippen LogP contribution >= 0.6 is 0 Å². The molecule has 0 fully saturated rings. The molecule has 2 aromatic rings. The number of hydrogen-bond acceptors (Lipinski definition) is 1. The Labute approximate surface area is 127 Å². The molecule has 0 amide bonds. The van der Waals surface area contributed by atoms with Gasteiger partial charge in [-0.2, -0.15) is 0 Å². The first-order chi connectivity index (χ1) is 10.2. The van der Waals surface area contributed by atoms with Crippen molar-refractivity contribution in [3.8, 4) is 0 Å². The molecule has 112 valence electrons. The zero-order valence-corrected chi connectivity index (χ0v) is 12.9. The molecule has 0 aliphatic carbocycles. The highest BCUT2D eigenvalue weighted by Gasteiger charge is 2.12. The van der Waals surface area contributed by atoms with Crippen LogP contribution in [0.15, 0.2) is 48.5 Å². The number of rotatable bonds is 7. The summed E-state index contributed by atoms with van der Waals surface area (Å²) >= 11 is 0. The second-order valence-electron chi connectivity index (χ2n) is 5.65. The van der Waals surface area contributed by atoms with Crippen molar-refractivity contribution < 1.29 is 4.39 Å². The van der Waals surface area contributed by atoms with Crippen molar-refractivity contribution in [3.05, 3.63) is 71.0 Å². The Morgan fingerprint density at radius 2 is 1.86 bits per heavy atom. The molecule has 0 radical (unpaired) electrons. The van der Waals surface area contributed by atoms with Gasteiger partial charge in [0.1, 0.15) is 5.82 Å². The van der Waals surface area contributed by atoms with Crippen LogP contribution in [0.25, 0.3) is 0 Å². The molecule has 0 aliphatic rings. The normalized spacial score (nSPS) is 12.3. The monoisotopic (exact) mass is 285 g/mol. The first kappa shape index (κ1) is 15.7. The van der Waals surface area contributed by atoms with Crippen LogP contribution < -0.4 is 5.32 Å². The van der Waals surface area contributed by atoms with Crippen LogP contribution in [0.2, 0.25) is 0 Å². The van der Waals surface area contributed by atoms with E-state index in [9.17, 15) is 4.39 Å². The molecule has 1 N–H and O–H groups in total. The molecule has 0 saturated carbocycles. The molecular formula is C19H24FN. The molecule has 21 heavy (non-hydrogen) atoms. The second kappa shape index (κ2) is 7.94. The lowest BCUT2D eigenvalue weighted by Crippen LogP contribution is -2.23. The van der Waals surface area contributed by atoms with Crippen molar-refractivity contribution in [1.29, 1.82) is 0 Å². The minimum Gasteiger partial charge on any atom is -0.316 e. The Balaban J connectivity index is 2.13. The van der Waals surface area contributed by atoms with Crippen LogP contribution in [0.1, 0.15) is 36.0 Å². The number of benzene rings is 2. The van der Waals surface area contributed by atoms with E-state index >= 15 is 0 Å². The van der Waals surface area contributed by atoms with E-state index in [0.29, 0.717) is 5.92 Å². The van der Waals surface area contributed by atoms with Crippen molar-refractivity contribution in [3.63, 3.8) is 0 Å². The van der Waals surface area contributed by atoms with Gasteiger partial charge in [-0.3, -0.25) is 0 Å². The molecule has 0 bridgehead atoms. The summed E-state index contributed by atoms with van der Waals surface area (Å²) in [7, 11) is 0. The van der Waals surface area contributed by atoms with Gasteiger partial charge in [-0.25, -0.2) is 4.39 Å². The number of nitrogens with one attached hydrogen (secondary N) is 1. The summed E-state index contributed by atoms with van der Waals surface area (Å²) in [5, 5.41) is 3.51. The fraction of sp³-hybridized carbons (Fsp3) is 0.368. The van der Waals surface area contributed by atoms with Crippen molar-refractivity contribution in [2.45, 2.75) is 32.6 Å². The summed E-state index contributed by atoms with van der Waals surface area (Å²) in [5.74, 6) is 0.247. The Kier molecular flexibility index (Phi) is 5.94. The zero-order chi connectivity index (χ0) is 15.1. The summed E-state index contributed by atoms with van der Waals surface area (Å²) in [4.78, 5) is 0. The Morgan fingerprint density at radius 3 is 2.52 bits per heavy atom. The van der Waals surface area contributed by atoms with Crippen LogP contribution in [-0.4, -0.2) is 13.1 Å². The van der Waals surface area contributed by atoms with E-state index < -0.39 is 0 Å². The second-order valence-corrected chi connectivity index (χ2v) is 5.65. The number of hydrogen-bond donors (Lipinski definition) is 1. The fourth-order valence-electron chi connectivity index (χ4n) is 2.59. The highest BCUT2D eigenvalue weighted by atomic mass is 19.1. The van der Waals surface area contributed by atoms with Crippen molar-refractivity contribution in [1.82, 2.24) is 5.32 Å². The van der Waals surface area contributed by atoms with Gasteiger partial charge in [-0.1, -0.05) is 48.9 Å². The summed E-state index contributed by atoms with van der Waals surface area (Å²) in [6, 6.07) is 15.5. The van der Waals surface area contributed by atoms with Gasteiger partial charge >= 0.3 is 0 Å². The quantitative estimate of drug-likeness (QED) is 0.741. The predicted octanol–water partition coefficient (Wildman–Crippen LogP) is 4.46. The molecule has 1 unspecified atom stereocenters. The average Bonchev–Trinajstić information content (AvgIpc) is 2.48. The molecule has 1 nitrogen and oxygen atoms in total. The SMILES string of the molecule is CCCNCC(Cc1ccc(F)cc1)c1cccc(C)c1. The van der Waals surface area contributed by atoms with Gasteiger partial charge < -0.3 is 5.32 Å². The smallest absolute Gasteiger partial charge is 0.123 e. The van der Waals surface area contributed by atoms with Gasteiger partial charge in [0.2, 0.25) is 0 Å². The molecule has 0 heterocycles. The van der Waals surface area contributed by atoms with Gasteiger partial charge in [0, 0.05) is 12.5 Å². The molecule has 0 aromatic heterocycles. The maximum absolute atomic E-state index is 13.0. The molecule has 2 rings (SSSR count). The zero-order valence-electron chi connectivity index (χ0n) is 12.9. The average molecular weight is 285 g/mol. The van der Waals surface area contributed by atoms with Crippen LogP contribution in [0.3, 0.4) is 0 Å². The first-order valence-corrected chi connectivity index (χ1v) is 7.70. The third-order valence-corrected chi connectivity index (χ3v) is 3.73. The Morgan fingerprint density at radius 1 is 1.10 bits per heavy atom. The lowest BCUT2D eigenvalue weighted by Gasteiger charge is -2.19. The topological polar surface area (TPSA) is 12.0 Å². The van der Waals surface area contributed by atoms with E-state index in [-0.39, 0.29) is 5.82 Å². The van der Waals surface area contributed by atoms with Gasteiger partial charge in [-0.05, 0) is 49.6 Å². The lowest BCUT2D eigenvalue weighted by molar-refractivity contribution is 0.575. The van der Waals surface area contributed by atoms with Crippen molar-refractivity contribution in [2.24, 2.45) is 0 Å². The molecule has 0 saturated heterocycles. The minimum atomic E-state index is -0.171. The highest BCUT2D eigenvalue weighted by Crippen LogP contribution is 2.21. The third-order valence-electron chi connectivity index (χ3n) is 3.73. The van der Waals surface area contributed by atoms with Crippen LogP contribution in [0.5, 0.6) is 0 Å². The maximum Gasteiger partial charge on any atom is 0.123 e. The Bertz CT molecular complexity index is 548. The third kappa shape index (κ3) is 4.98. The molecule has 2 heteroatoms. The number of aryl methyl sites for hydroxylation is 1. The van der Waals surface area contributed by atoms with E-state index in [1.807, 2.05) is 12.1 Å². The highest BCUT2D eigenvalue weighted by molar-refractivity contribution is 5.28. The van der Waals surface area contributed by atoms with E-state index in [2.05, 4.69) is 43.4 Å². The lowest BCUT2D eigenvalue weighted by atomic mass is 9.91. The summed E-state index contributed by atoms with van der Waals surface area (Å²) in [6.07, 6.45) is 2.07. The van der Waals surface area contributed by atoms with Crippen molar-refractivity contribution in [2.75, 3.05) is 13.1 Å². The predicted molar refractivity (Wildman–Crippen MR) is 87.2 cm³/mol. The van der Waals surface area contributed by atoms with E-state index in [1.54, 1.807) is 12.1 Å². The molecule has 0 aliphatic heterocycles.